The van der Waals surface area contributed by atoms with E-state index < -0.39 is 0 Å². The molecule has 0 aliphatic carbocycles. The van der Waals surface area contributed by atoms with Crippen LogP contribution >= 0.6 is 15.9 Å². The Morgan fingerprint density at radius 2 is 1.75 bits per heavy atom. The normalized spacial score (nSPS) is 11.2. The summed E-state index contributed by atoms with van der Waals surface area (Å²) in [5.74, 6) is 0. The third kappa shape index (κ3) is 3.11. The first kappa shape index (κ1) is 15.1. The molecule has 6 heteroatoms. The van der Waals surface area contributed by atoms with Gasteiger partial charge in [0, 0.05) is 31.7 Å². The first-order valence-electron chi connectivity index (χ1n) is 7.72. The van der Waals surface area contributed by atoms with E-state index in [2.05, 4.69) is 31.3 Å². The van der Waals surface area contributed by atoms with Crippen molar-refractivity contribution >= 4 is 21.6 Å². The average Bonchev–Trinajstić information content (AvgIpc) is 3.23. The van der Waals surface area contributed by atoms with Crippen LogP contribution in [0.4, 0.5) is 0 Å². The van der Waals surface area contributed by atoms with E-state index in [0.717, 1.165) is 27.2 Å². The molecule has 0 amide bonds. The largest absolute Gasteiger partial charge is 0.306 e. The van der Waals surface area contributed by atoms with Crippen molar-refractivity contribution in [3.8, 4) is 5.69 Å². The molecule has 0 spiro atoms. The van der Waals surface area contributed by atoms with E-state index in [4.69, 9.17) is 0 Å². The second kappa shape index (κ2) is 6.59. The summed E-state index contributed by atoms with van der Waals surface area (Å²) < 4.78 is 4.91. The fraction of sp³-hybridized carbons (Fsp3) is 0.111. The number of fused-ring (bicyclic) bond motifs is 1. The number of rotatable bonds is 5. The highest BCUT2D eigenvalue weighted by molar-refractivity contribution is 9.10. The summed E-state index contributed by atoms with van der Waals surface area (Å²) in [7, 11) is 0. The maximum absolute atomic E-state index is 4.62. The van der Waals surface area contributed by atoms with E-state index in [1.165, 1.54) is 0 Å². The smallest absolute Gasteiger partial charge is 0.151 e. The van der Waals surface area contributed by atoms with Gasteiger partial charge in [-0.05, 0) is 46.3 Å². The van der Waals surface area contributed by atoms with Gasteiger partial charge in [-0.3, -0.25) is 0 Å². The second-order valence-corrected chi connectivity index (χ2v) is 6.36. The zero-order valence-electron chi connectivity index (χ0n) is 12.9. The topological polar surface area (TPSA) is 47.1 Å². The van der Waals surface area contributed by atoms with Crippen LogP contribution in [0.3, 0.4) is 0 Å². The SMILES string of the molecule is Brc1cccn2cc(CNCc3ccn(-c4ccccc4)n3)nc12. The Kier molecular flexibility index (Phi) is 4.15. The molecule has 4 aromatic rings. The lowest BCUT2D eigenvalue weighted by Crippen LogP contribution is -2.13. The quantitative estimate of drug-likeness (QED) is 0.574. The van der Waals surface area contributed by atoms with Gasteiger partial charge >= 0.3 is 0 Å². The number of imidazole rings is 1. The van der Waals surface area contributed by atoms with E-state index in [9.17, 15) is 0 Å². The number of nitrogens with zero attached hydrogens (tertiary/aromatic N) is 4. The van der Waals surface area contributed by atoms with E-state index in [1.807, 2.05) is 76.2 Å². The zero-order chi connectivity index (χ0) is 16.4. The number of benzene rings is 1. The van der Waals surface area contributed by atoms with Crippen molar-refractivity contribution < 1.29 is 0 Å². The van der Waals surface area contributed by atoms with E-state index in [-0.39, 0.29) is 0 Å². The van der Waals surface area contributed by atoms with Gasteiger partial charge in [0.05, 0.1) is 21.5 Å². The Bertz CT molecular complexity index is 958. The number of halogens is 1. The lowest BCUT2D eigenvalue weighted by Gasteiger charge is -2.01. The predicted molar refractivity (Wildman–Crippen MR) is 97.0 cm³/mol. The van der Waals surface area contributed by atoms with Crippen molar-refractivity contribution in [1.82, 2.24) is 24.5 Å². The Hall–Kier alpha value is -2.44. The summed E-state index contributed by atoms with van der Waals surface area (Å²) in [5, 5.41) is 7.99. The molecule has 0 radical (unpaired) electrons. The van der Waals surface area contributed by atoms with E-state index in [1.54, 1.807) is 0 Å². The average molecular weight is 382 g/mol. The number of para-hydroxylation sites is 1. The number of hydrogen-bond acceptors (Lipinski definition) is 3. The minimum absolute atomic E-state index is 0.701. The van der Waals surface area contributed by atoms with Crippen LogP contribution in [0.1, 0.15) is 11.4 Å². The maximum Gasteiger partial charge on any atom is 0.151 e. The van der Waals surface area contributed by atoms with Crippen LogP contribution in [0, 0.1) is 0 Å². The van der Waals surface area contributed by atoms with Crippen LogP contribution in [0.15, 0.2) is 71.6 Å². The molecule has 1 N–H and O–H groups in total. The first-order valence-corrected chi connectivity index (χ1v) is 8.52. The standard InChI is InChI=1S/C18H16BrN5/c19-17-7-4-9-23-13-15(21-18(17)23)12-20-11-14-8-10-24(22-14)16-5-2-1-3-6-16/h1-10,13,20H,11-12H2. The summed E-state index contributed by atoms with van der Waals surface area (Å²) in [6, 6.07) is 16.1. The van der Waals surface area contributed by atoms with Gasteiger partial charge in [0.2, 0.25) is 0 Å². The van der Waals surface area contributed by atoms with Crippen molar-refractivity contribution in [3.63, 3.8) is 0 Å². The minimum atomic E-state index is 0.701. The van der Waals surface area contributed by atoms with Crippen molar-refractivity contribution in [2.24, 2.45) is 0 Å². The minimum Gasteiger partial charge on any atom is -0.306 e. The monoisotopic (exact) mass is 381 g/mol. The van der Waals surface area contributed by atoms with Gasteiger partial charge in [-0.2, -0.15) is 5.10 Å². The molecule has 0 unspecified atom stereocenters. The summed E-state index contributed by atoms with van der Waals surface area (Å²) in [4.78, 5) is 4.62. The number of hydrogen-bond donors (Lipinski definition) is 1. The molecule has 3 heterocycles. The fourth-order valence-corrected chi connectivity index (χ4v) is 3.06. The molecule has 4 rings (SSSR count). The van der Waals surface area contributed by atoms with Crippen LogP contribution in [0.25, 0.3) is 11.3 Å². The Morgan fingerprint density at radius 1 is 0.917 bits per heavy atom. The van der Waals surface area contributed by atoms with Crippen molar-refractivity contribution in [3.05, 3.63) is 83.0 Å². The maximum atomic E-state index is 4.62. The molecule has 120 valence electrons. The van der Waals surface area contributed by atoms with E-state index in [0.29, 0.717) is 13.1 Å². The number of nitrogens with one attached hydrogen (secondary N) is 1. The van der Waals surface area contributed by atoms with Gasteiger partial charge in [-0.15, -0.1) is 0 Å². The van der Waals surface area contributed by atoms with Crippen molar-refractivity contribution in [1.29, 1.82) is 0 Å². The Labute approximate surface area is 148 Å². The van der Waals surface area contributed by atoms with Gasteiger partial charge in [-0.1, -0.05) is 18.2 Å². The van der Waals surface area contributed by atoms with Gasteiger partial charge < -0.3 is 9.72 Å². The highest BCUT2D eigenvalue weighted by Crippen LogP contribution is 2.16. The molecule has 24 heavy (non-hydrogen) atoms. The molecule has 0 saturated heterocycles. The summed E-state index contributed by atoms with van der Waals surface area (Å²) in [6.45, 7) is 1.40. The molecular formula is C18H16BrN5. The van der Waals surface area contributed by atoms with Gasteiger partial charge in [0.15, 0.2) is 5.65 Å². The van der Waals surface area contributed by atoms with Crippen molar-refractivity contribution in [2.75, 3.05) is 0 Å². The lowest BCUT2D eigenvalue weighted by molar-refractivity contribution is 0.661. The zero-order valence-corrected chi connectivity index (χ0v) is 14.5. The first-order chi connectivity index (χ1) is 11.8. The lowest BCUT2D eigenvalue weighted by atomic mass is 10.3. The second-order valence-electron chi connectivity index (χ2n) is 5.51. The fourth-order valence-electron chi connectivity index (χ4n) is 2.61. The molecule has 0 aliphatic heterocycles. The summed E-state index contributed by atoms with van der Waals surface area (Å²) >= 11 is 3.52. The number of pyridine rings is 1. The predicted octanol–water partition coefficient (Wildman–Crippen LogP) is 3.57. The summed E-state index contributed by atoms with van der Waals surface area (Å²) in [6.07, 6.45) is 6.02. The Morgan fingerprint density at radius 3 is 2.58 bits per heavy atom. The van der Waals surface area contributed by atoms with Crippen LogP contribution in [-0.4, -0.2) is 19.2 Å². The molecule has 0 fully saturated rings. The molecule has 1 aromatic carbocycles. The van der Waals surface area contributed by atoms with Crippen LogP contribution in [-0.2, 0) is 13.1 Å². The Balaban J connectivity index is 1.40. The van der Waals surface area contributed by atoms with Crippen molar-refractivity contribution in [2.45, 2.75) is 13.1 Å². The highest BCUT2D eigenvalue weighted by Gasteiger charge is 2.05. The molecule has 0 atom stereocenters. The van der Waals surface area contributed by atoms with Crippen LogP contribution in [0.2, 0.25) is 0 Å². The van der Waals surface area contributed by atoms with Crippen LogP contribution in [0.5, 0.6) is 0 Å². The highest BCUT2D eigenvalue weighted by atomic mass is 79.9. The third-order valence-electron chi connectivity index (χ3n) is 3.76. The molecular weight excluding hydrogens is 366 g/mol. The van der Waals surface area contributed by atoms with Gasteiger partial charge in [0.25, 0.3) is 0 Å². The van der Waals surface area contributed by atoms with Gasteiger partial charge in [-0.25, -0.2) is 9.67 Å². The molecule has 0 aliphatic rings. The molecule has 5 nitrogen and oxygen atoms in total. The summed E-state index contributed by atoms with van der Waals surface area (Å²) in [5.41, 5.74) is 4.00. The van der Waals surface area contributed by atoms with E-state index >= 15 is 0 Å². The molecule has 3 aromatic heterocycles. The van der Waals surface area contributed by atoms with Gasteiger partial charge in [0.1, 0.15) is 0 Å². The third-order valence-corrected chi connectivity index (χ3v) is 4.38. The number of aromatic nitrogens is 4. The van der Waals surface area contributed by atoms with Crippen LogP contribution < -0.4 is 5.32 Å². The molecule has 0 bridgehead atoms. The molecule has 0 saturated carbocycles.